The number of rotatable bonds is 4. The molecule has 3 atom stereocenters. The highest BCUT2D eigenvalue weighted by molar-refractivity contribution is 7.12. The van der Waals surface area contributed by atoms with Crippen molar-refractivity contribution >= 4 is 28.8 Å². The van der Waals surface area contributed by atoms with Crippen LogP contribution in [0.2, 0.25) is 0 Å². The van der Waals surface area contributed by atoms with Crippen LogP contribution in [-0.4, -0.2) is 31.7 Å². The molecule has 2 aliphatic rings. The molecule has 1 aromatic carbocycles. The first-order chi connectivity index (χ1) is 14.4. The molecule has 2 heterocycles. The van der Waals surface area contributed by atoms with Gasteiger partial charge in [-0.3, -0.25) is 9.79 Å². The molecule has 0 spiro atoms. The number of carbonyl (C=O) groups excluding carboxylic acids is 2. The third kappa shape index (κ3) is 3.60. The van der Waals surface area contributed by atoms with Gasteiger partial charge in [0.25, 0.3) is 0 Å². The van der Waals surface area contributed by atoms with Crippen LogP contribution in [0, 0.1) is 12.8 Å². The Morgan fingerprint density at radius 1 is 1.10 bits per heavy atom. The second-order valence-electron chi connectivity index (χ2n) is 7.85. The molecule has 4 rings (SSSR count). The summed E-state index contributed by atoms with van der Waals surface area (Å²) in [6.07, 6.45) is 1.11. The summed E-state index contributed by atoms with van der Waals surface area (Å²) in [7, 11) is 3.02. The number of hydrogen-bond donors (Lipinski definition) is 0. The van der Waals surface area contributed by atoms with E-state index in [1.54, 1.807) is 18.4 Å². The number of hydrogen-bond acceptors (Lipinski definition) is 6. The van der Waals surface area contributed by atoms with Crippen LogP contribution in [0.1, 0.15) is 46.9 Å². The number of esters is 1. The summed E-state index contributed by atoms with van der Waals surface area (Å²) in [5.41, 5.74) is 3.08. The largest absolute Gasteiger partial charge is 0.497 e. The Hall–Kier alpha value is -2.73. The lowest BCUT2D eigenvalue weighted by Gasteiger charge is -2.37. The van der Waals surface area contributed by atoms with Gasteiger partial charge in [0.1, 0.15) is 11.5 Å². The van der Waals surface area contributed by atoms with Crippen molar-refractivity contribution in [1.82, 2.24) is 0 Å². The zero-order valence-electron chi connectivity index (χ0n) is 17.6. The third-order valence-corrected chi connectivity index (χ3v) is 7.08. The number of ether oxygens (including phenoxy) is 2. The number of fused-ring (bicyclic) bond motifs is 1. The average Bonchev–Trinajstić information content (AvgIpc) is 3.18. The topological polar surface area (TPSA) is 65.0 Å². The molecule has 1 aliphatic carbocycles. The van der Waals surface area contributed by atoms with Crippen molar-refractivity contribution in [2.75, 3.05) is 14.2 Å². The van der Waals surface area contributed by atoms with Crippen molar-refractivity contribution in [2.45, 2.75) is 38.5 Å². The zero-order valence-corrected chi connectivity index (χ0v) is 18.4. The SMILES string of the molecule is COC(=O)C1=C(C)N=C2C[C@@H](c3cccc(OC)c3)CC(=O)C2[C@H]1c1ccc(C)s1. The van der Waals surface area contributed by atoms with E-state index in [1.165, 1.54) is 7.11 Å². The first kappa shape index (κ1) is 20.5. The normalized spacial score (nSPS) is 23.7. The van der Waals surface area contributed by atoms with Crippen molar-refractivity contribution in [2.24, 2.45) is 10.9 Å². The Kier molecular flexibility index (Phi) is 5.60. The molecular weight excluding hydrogens is 398 g/mol. The number of Topliss-reactive ketones (excluding diaryl/α,β-unsaturated/α-hetero) is 1. The highest BCUT2D eigenvalue weighted by Gasteiger charge is 2.46. The molecule has 0 bridgehead atoms. The Labute approximate surface area is 180 Å². The van der Waals surface area contributed by atoms with E-state index in [2.05, 4.69) is 0 Å². The van der Waals surface area contributed by atoms with Gasteiger partial charge in [-0.15, -0.1) is 11.3 Å². The third-order valence-electron chi connectivity index (χ3n) is 5.99. The standard InChI is InChI=1S/C24H25NO4S/c1-13-8-9-20(30-13)23-21(24(27)29-4)14(2)25-18-11-16(12-19(26)22(18)23)15-6-5-7-17(10-15)28-3/h5-10,16,22-23H,11-12H2,1-4H3/t16-,22?,23+/m1/s1. The molecular formula is C24H25NO4S. The van der Waals surface area contributed by atoms with E-state index in [1.807, 2.05) is 50.2 Å². The van der Waals surface area contributed by atoms with Crippen LogP contribution in [0.3, 0.4) is 0 Å². The Balaban J connectivity index is 1.77. The zero-order chi connectivity index (χ0) is 21.4. The van der Waals surface area contributed by atoms with Gasteiger partial charge in [0.2, 0.25) is 0 Å². The first-order valence-electron chi connectivity index (χ1n) is 10.0. The molecule has 1 saturated carbocycles. The molecule has 6 heteroatoms. The van der Waals surface area contributed by atoms with Gasteiger partial charge in [-0.25, -0.2) is 4.79 Å². The fourth-order valence-electron chi connectivity index (χ4n) is 4.61. The molecule has 30 heavy (non-hydrogen) atoms. The summed E-state index contributed by atoms with van der Waals surface area (Å²) < 4.78 is 10.4. The van der Waals surface area contributed by atoms with E-state index in [9.17, 15) is 9.59 Å². The predicted molar refractivity (Wildman–Crippen MR) is 117 cm³/mol. The van der Waals surface area contributed by atoms with E-state index in [0.717, 1.165) is 26.8 Å². The minimum atomic E-state index is -0.414. The van der Waals surface area contributed by atoms with Gasteiger partial charge in [-0.1, -0.05) is 12.1 Å². The first-order valence-corrected chi connectivity index (χ1v) is 10.8. The van der Waals surface area contributed by atoms with E-state index < -0.39 is 11.9 Å². The van der Waals surface area contributed by atoms with Crippen LogP contribution < -0.4 is 4.74 Å². The van der Waals surface area contributed by atoms with Crippen LogP contribution in [0.4, 0.5) is 0 Å². The lowest BCUT2D eigenvalue weighted by atomic mass is 9.67. The number of ketones is 1. The fourth-order valence-corrected chi connectivity index (χ4v) is 5.64. The number of allylic oxidation sites excluding steroid dienone is 1. The van der Waals surface area contributed by atoms with Gasteiger partial charge >= 0.3 is 5.97 Å². The molecule has 5 nitrogen and oxygen atoms in total. The van der Waals surface area contributed by atoms with Crippen LogP contribution in [-0.2, 0) is 14.3 Å². The summed E-state index contributed by atoms with van der Waals surface area (Å²) in [6, 6.07) is 11.9. The second kappa shape index (κ2) is 8.19. The minimum Gasteiger partial charge on any atom is -0.497 e. The maximum atomic E-state index is 13.4. The van der Waals surface area contributed by atoms with Crippen molar-refractivity contribution in [3.05, 3.63) is 63.0 Å². The van der Waals surface area contributed by atoms with Gasteiger partial charge in [-0.2, -0.15) is 0 Å². The molecule has 0 amide bonds. The van der Waals surface area contributed by atoms with E-state index in [-0.39, 0.29) is 17.6 Å². The van der Waals surface area contributed by atoms with Gasteiger partial charge < -0.3 is 9.47 Å². The Morgan fingerprint density at radius 2 is 1.90 bits per heavy atom. The van der Waals surface area contributed by atoms with E-state index in [0.29, 0.717) is 24.1 Å². The van der Waals surface area contributed by atoms with Crippen molar-refractivity contribution in [3.63, 3.8) is 0 Å². The summed E-state index contributed by atoms with van der Waals surface area (Å²) in [4.78, 5) is 33.0. The molecule has 0 radical (unpaired) electrons. The Morgan fingerprint density at radius 3 is 2.57 bits per heavy atom. The fraction of sp³-hybridized carbons (Fsp3) is 0.375. The summed E-state index contributed by atoms with van der Waals surface area (Å²) in [5, 5.41) is 0. The summed E-state index contributed by atoms with van der Waals surface area (Å²) >= 11 is 1.62. The number of aryl methyl sites for hydroxylation is 1. The Bertz CT molecular complexity index is 1060. The van der Waals surface area contributed by atoms with Crippen molar-refractivity contribution in [1.29, 1.82) is 0 Å². The van der Waals surface area contributed by atoms with Crippen LogP contribution in [0.5, 0.6) is 5.75 Å². The van der Waals surface area contributed by atoms with Crippen LogP contribution in [0.25, 0.3) is 0 Å². The van der Waals surface area contributed by atoms with Crippen LogP contribution in [0.15, 0.2) is 52.7 Å². The molecule has 0 N–H and O–H groups in total. The molecule has 1 aromatic heterocycles. The lowest BCUT2D eigenvalue weighted by Crippen LogP contribution is -2.40. The van der Waals surface area contributed by atoms with E-state index >= 15 is 0 Å². The minimum absolute atomic E-state index is 0.0563. The number of carbonyl (C=O) groups is 2. The monoisotopic (exact) mass is 423 g/mol. The van der Waals surface area contributed by atoms with Gasteiger partial charge in [0.15, 0.2) is 0 Å². The average molecular weight is 424 g/mol. The number of benzene rings is 1. The van der Waals surface area contributed by atoms with Crippen LogP contribution >= 0.6 is 11.3 Å². The molecule has 1 fully saturated rings. The molecule has 1 unspecified atom stereocenters. The molecule has 0 saturated heterocycles. The highest BCUT2D eigenvalue weighted by atomic mass is 32.1. The number of methoxy groups -OCH3 is 2. The maximum absolute atomic E-state index is 13.4. The highest BCUT2D eigenvalue weighted by Crippen LogP contribution is 2.47. The van der Waals surface area contributed by atoms with Gasteiger partial charge in [-0.05, 0) is 56.0 Å². The lowest BCUT2D eigenvalue weighted by molar-refractivity contribution is -0.136. The van der Waals surface area contributed by atoms with Crippen molar-refractivity contribution in [3.8, 4) is 5.75 Å². The molecule has 1 aliphatic heterocycles. The number of aliphatic imine (C=N–C) groups is 1. The molecule has 156 valence electrons. The second-order valence-corrected chi connectivity index (χ2v) is 9.17. The van der Waals surface area contributed by atoms with Gasteiger partial charge in [0.05, 0.1) is 25.7 Å². The van der Waals surface area contributed by atoms with Gasteiger partial charge in [0, 0.05) is 33.5 Å². The maximum Gasteiger partial charge on any atom is 0.336 e. The number of nitrogens with zero attached hydrogens (tertiary/aromatic N) is 1. The molecule has 2 aromatic rings. The quantitative estimate of drug-likeness (QED) is 0.662. The predicted octanol–water partition coefficient (Wildman–Crippen LogP) is 4.81. The van der Waals surface area contributed by atoms with Crippen molar-refractivity contribution < 1.29 is 19.1 Å². The number of thiophene rings is 1. The van der Waals surface area contributed by atoms with E-state index in [4.69, 9.17) is 14.5 Å². The summed E-state index contributed by atoms with van der Waals surface area (Å²) in [6.45, 7) is 3.87. The summed E-state index contributed by atoms with van der Waals surface area (Å²) in [5.74, 6) is -0.193. The smallest absolute Gasteiger partial charge is 0.336 e.